The van der Waals surface area contributed by atoms with Crippen LogP contribution in [-0.4, -0.2) is 23.0 Å². The molecule has 0 aliphatic rings. The molecular formula is C12H17ClN2S. The molecule has 88 valence electrons. The summed E-state index contributed by atoms with van der Waals surface area (Å²) < 4.78 is 0. The number of hydrogen-bond acceptors (Lipinski definition) is 2. The van der Waals surface area contributed by atoms with Crippen molar-refractivity contribution in [2.24, 2.45) is 5.73 Å². The van der Waals surface area contributed by atoms with Crippen molar-refractivity contribution in [3.8, 4) is 0 Å². The number of hydrogen-bond donors (Lipinski definition) is 1. The molecule has 0 spiro atoms. The van der Waals surface area contributed by atoms with Crippen LogP contribution in [0.1, 0.15) is 18.9 Å². The summed E-state index contributed by atoms with van der Waals surface area (Å²) in [4.78, 5) is 2.74. The van der Waals surface area contributed by atoms with E-state index in [-0.39, 0.29) is 0 Å². The lowest BCUT2D eigenvalue weighted by Gasteiger charge is -2.21. The van der Waals surface area contributed by atoms with E-state index in [1.54, 1.807) is 0 Å². The van der Waals surface area contributed by atoms with E-state index in [0.29, 0.717) is 11.5 Å². The zero-order valence-electron chi connectivity index (χ0n) is 9.45. The smallest absolute Gasteiger partial charge is 0.0870 e. The summed E-state index contributed by atoms with van der Waals surface area (Å²) in [6, 6.07) is 7.86. The Morgan fingerprint density at radius 3 is 2.69 bits per heavy atom. The van der Waals surface area contributed by atoms with Crippen molar-refractivity contribution in [3.63, 3.8) is 0 Å². The zero-order valence-corrected chi connectivity index (χ0v) is 11.0. The van der Waals surface area contributed by atoms with Crippen LogP contribution in [0.15, 0.2) is 24.3 Å². The second kappa shape index (κ2) is 6.84. The number of nitrogens with zero attached hydrogens (tertiary/aromatic N) is 1. The van der Waals surface area contributed by atoms with Crippen molar-refractivity contribution in [1.82, 2.24) is 4.90 Å². The number of thiocarbonyl (C=S) groups is 1. The van der Waals surface area contributed by atoms with Gasteiger partial charge in [-0.3, -0.25) is 4.90 Å². The Bertz CT molecular complexity index is 355. The molecule has 0 radical (unpaired) electrons. The van der Waals surface area contributed by atoms with Gasteiger partial charge in [0, 0.05) is 18.1 Å². The Morgan fingerprint density at radius 1 is 1.44 bits per heavy atom. The molecule has 1 aromatic carbocycles. The van der Waals surface area contributed by atoms with Gasteiger partial charge in [-0.2, -0.15) is 0 Å². The van der Waals surface area contributed by atoms with Crippen molar-refractivity contribution in [1.29, 1.82) is 0 Å². The molecule has 0 aliphatic heterocycles. The van der Waals surface area contributed by atoms with E-state index in [9.17, 15) is 0 Å². The molecule has 0 fully saturated rings. The number of halogens is 1. The van der Waals surface area contributed by atoms with E-state index in [1.165, 1.54) is 0 Å². The molecule has 0 atom stereocenters. The molecular weight excluding hydrogens is 240 g/mol. The number of nitrogens with two attached hydrogens (primary N) is 1. The Balaban J connectivity index is 2.67. The fourth-order valence-electron chi connectivity index (χ4n) is 1.62. The largest absolute Gasteiger partial charge is 0.392 e. The summed E-state index contributed by atoms with van der Waals surface area (Å²) >= 11 is 11.1. The second-order valence-electron chi connectivity index (χ2n) is 3.77. The van der Waals surface area contributed by atoms with Gasteiger partial charge in [-0.15, -0.1) is 0 Å². The third kappa shape index (κ3) is 4.47. The minimum atomic E-state index is 0.528. The highest BCUT2D eigenvalue weighted by molar-refractivity contribution is 7.80. The van der Waals surface area contributed by atoms with E-state index in [1.807, 2.05) is 24.3 Å². The Labute approximate surface area is 107 Å². The molecule has 0 heterocycles. The molecule has 1 aromatic rings. The van der Waals surface area contributed by atoms with Crippen molar-refractivity contribution in [2.75, 3.05) is 13.1 Å². The summed E-state index contributed by atoms with van der Waals surface area (Å²) in [6.07, 6.45) is 1.08. The average molecular weight is 257 g/mol. The van der Waals surface area contributed by atoms with E-state index >= 15 is 0 Å². The monoisotopic (exact) mass is 256 g/mol. The highest BCUT2D eigenvalue weighted by Crippen LogP contribution is 2.16. The van der Waals surface area contributed by atoms with E-state index in [0.717, 1.165) is 30.1 Å². The first-order valence-corrected chi connectivity index (χ1v) is 6.16. The molecule has 0 aromatic heterocycles. The zero-order chi connectivity index (χ0) is 12.0. The third-order valence-electron chi connectivity index (χ3n) is 2.27. The van der Waals surface area contributed by atoms with Gasteiger partial charge in [-0.25, -0.2) is 0 Å². The van der Waals surface area contributed by atoms with Gasteiger partial charge in [0.05, 0.1) is 4.99 Å². The molecule has 16 heavy (non-hydrogen) atoms. The Kier molecular flexibility index (Phi) is 5.74. The van der Waals surface area contributed by atoms with Crippen LogP contribution in [0.4, 0.5) is 0 Å². The lowest BCUT2D eigenvalue weighted by molar-refractivity contribution is 0.304. The third-order valence-corrected chi connectivity index (χ3v) is 2.77. The molecule has 0 aliphatic carbocycles. The van der Waals surface area contributed by atoms with Gasteiger partial charge in [0.15, 0.2) is 0 Å². The van der Waals surface area contributed by atoms with E-state index in [2.05, 4.69) is 11.8 Å². The Morgan fingerprint density at radius 2 is 2.12 bits per heavy atom. The highest BCUT2D eigenvalue weighted by atomic mass is 35.5. The SMILES string of the molecule is CCCN(CC(N)=S)Cc1ccccc1Cl. The summed E-state index contributed by atoms with van der Waals surface area (Å²) in [6.45, 7) is 4.56. The normalized spacial score (nSPS) is 10.7. The average Bonchev–Trinajstić information content (AvgIpc) is 2.21. The van der Waals surface area contributed by atoms with Gasteiger partial charge in [-0.05, 0) is 24.6 Å². The maximum absolute atomic E-state index is 6.11. The predicted molar refractivity (Wildman–Crippen MR) is 73.8 cm³/mol. The molecule has 0 amide bonds. The van der Waals surface area contributed by atoms with Gasteiger partial charge in [0.25, 0.3) is 0 Å². The fourth-order valence-corrected chi connectivity index (χ4v) is 2.00. The summed E-state index contributed by atoms with van der Waals surface area (Å²) in [7, 11) is 0. The summed E-state index contributed by atoms with van der Waals surface area (Å²) in [5, 5.41) is 0.798. The lowest BCUT2D eigenvalue weighted by atomic mass is 10.2. The molecule has 0 saturated carbocycles. The number of rotatable bonds is 6. The Hall–Kier alpha value is -0.640. The topological polar surface area (TPSA) is 29.3 Å². The van der Waals surface area contributed by atoms with Gasteiger partial charge < -0.3 is 5.73 Å². The molecule has 1 rings (SSSR count). The first kappa shape index (κ1) is 13.4. The van der Waals surface area contributed by atoms with Crippen molar-refractivity contribution in [3.05, 3.63) is 34.9 Å². The standard InChI is InChI=1S/C12H17ClN2S/c1-2-7-15(9-12(14)16)8-10-5-3-4-6-11(10)13/h3-6H,2,7-9H2,1H3,(H2,14,16). The predicted octanol–water partition coefficient (Wildman–Crippen LogP) is 2.84. The van der Waals surface area contributed by atoms with E-state index < -0.39 is 0 Å². The molecule has 0 saturated heterocycles. The van der Waals surface area contributed by atoms with Gasteiger partial charge in [0.1, 0.15) is 0 Å². The maximum atomic E-state index is 6.11. The maximum Gasteiger partial charge on any atom is 0.0870 e. The molecule has 2 nitrogen and oxygen atoms in total. The highest BCUT2D eigenvalue weighted by Gasteiger charge is 2.08. The van der Waals surface area contributed by atoms with Crippen LogP contribution < -0.4 is 5.73 Å². The van der Waals surface area contributed by atoms with Crippen molar-refractivity contribution in [2.45, 2.75) is 19.9 Å². The molecule has 2 N–H and O–H groups in total. The fraction of sp³-hybridized carbons (Fsp3) is 0.417. The lowest BCUT2D eigenvalue weighted by Crippen LogP contribution is -2.33. The minimum Gasteiger partial charge on any atom is -0.392 e. The van der Waals surface area contributed by atoms with Crippen LogP contribution in [0, 0.1) is 0 Å². The summed E-state index contributed by atoms with van der Waals surface area (Å²) in [5.41, 5.74) is 6.69. The minimum absolute atomic E-state index is 0.528. The van der Waals surface area contributed by atoms with Crippen molar-refractivity contribution < 1.29 is 0 Å². The van der Waals surface area contributed by atoms with Crippen LogP contribution in [0.25, 0.3) is 0 Å². The second-order valence-corrected chi connectivity index (χ2v) is 4.70. The molecule has 0 unspecified atom stereocenters. The van der Waals surface area contributed by atoms with Gasteiger partial charge in [0.2, 0.25) is 0 Å². The van der Waals surface area contributed by atoms with Crippen LogP contribution in [0.3, 0.4) is 0 Å². The quantitative estimate of drug-likeness (QED) is 0.794. The molecule has 4 heteroatoms. The number of benzene rings is 1. The van der Waals surface area contributed by atoms with Crippen LogP contribution in [-0.2, 0) is 6.54 Å². The van der Waals surface area contributed by atoms with Crippen molar-refractivity contribution >= 4 is 28.8 Å². The van der Waals surface area contributed by atoms with Crippen LogP contribution in [0.5, 0.6) is 0 Å². The first-order chi connectivity index (χ1) is 7.63. The van der Waals surface area contributed by atoms with Gasteiger partial charge >= 0.3 is 0 Å². The molecule has 0 bridgehead atoms. The van der Waals surface area contributed by atoms with Crippen LogP contribution in [0.2, 0.25) is 5.02 Å². The summed E-state index contributed by atoms with van der Waals surface area (Å²) in [5.74, 6) is 0. The van der Waals surface area contributed by atoms with Crippen LogP contribution >= 0.6 is 23.8 Å². The first-order valence-electron chi connectivity index (χ1n) is 5.37. The van der Waals surface area contributed by atoms with E-state index in [4.69, 9.17) is 29.6 Å². The van der Waals surface area contributed by atoms with Gasteiger partial charge in [-0.1, -0.05) is 48.9 Å².